The van der Waals surface area contributed by atoms with Crippen molar-refractivity contribution in [2.45, 2.75) is 6.54 Å². The van der Waals surface area contributed by atoms with Crippen LogP contribution in [0, 0.1) is 0 Å². The second kappa shape index (κ2) is 13.7. The molecule has 1 aliphatic heterocycles. The third-order valence-electron chi connectivity index (χ3n) is 6.07. The van der Waals surface area contributed by atoms with Gasteiger partial charge in [-0.15, -0.1) is 24.8 Å². The minimum Gasteiger partial charge on any atom is -0.395 e. The van der Waals surface area contributed by atoms with E-state index in [1.54, 1.807) is 17.1 Å². The number of β-amino-alcohol motifs (C(OH)–C–C–N with tert-alkyl or cyclic N) is 1. The Morgan fingerprint density at radius 3 is 2.49 bits per heavy atom. The van der Waals surface area contributed by atoms with Gasteiger partial charge in [-0.1, -0.05) is 41.9 Å². The van der Waals surface area contributed by atoms with Crippen LogP contribution in [-0.2, 0) is 6.54 Å². The number of piperazine rings is 1. The number of nitrogens with zero attached hydrogens (tertiary/aromatic N) is 7. The molecule has 0 unspecified atom stereocenters. The van der Waals surface area contributed by atoms with Gasteiger partial charge in [-0.05, 0) is 29.3 Å². The lowest BCUT2D eigenvalue weighted by atomic mass is 10.1. The Kier molecular flexibility index (Phi) is 10.6. The van der Waals surface area contributed by atoms with Crippen LogP contribution in [-0.4, -0.2) is 80.2 Å². The molecule has 1 saturated heterocycles. The van der Waals surface area contributed by atoms with Crippen molar-refractivity contribution in [1.29, 1.82) is 0 Å². The van der Waals surface area contributed by atoms with Crippen molar-refractivity contribution in [3.05, 3.63) is 77.2 Å². The van der Waals surface area contributed by atoms with Crippen LogP contribution >= 0.6 is 36.4 Å². The van der Waals surface area contributed by atoms with Gasteiger partial charge in [0.05, 0.1) is 30.1 Å². The van der Waals surface area contributed by atoms with E-state index in [0.29, 0.717) is 16.5 Å². The summed E-state index contributed by atoms with van der Waals surface area (Å²) in [5.74, 6) is 0.580. The molecule has 0 aliphatic carbocycles. The highest BCUT2D eigenvalue weighted by Crippen LogP contribution is 2.23. The fourth-order valence-corrected chi connectivity index (χ4v) is 4.36. The molecule has 2 N–H and O–H groups in total. The molecule has 0 saturated carbocycles. The molecule has 9 nitrogen and oxygen atoms in total. The summed E-state index contributed by atoms with van der Waals surface area (Å²) in [6.45, 7) is 5.98. The van der Waals surface area contributed by atoms with Crippen molar-refractivity contribution < 1.29 is 5.11 Å². The summed E-state index contributed by atoms with van der Waals surface area (Å²) in [4.78, 5) is 13.5. The Balaban J connectivity index is 0.00000190. The number of nitrogens with one attached hydrogen (secondary N) is 1. The Labute approximate surface area is 233 Å². The first-order valence-electron chi connectivity index (χ1n) is 11.6. The number of rotatable bonds is 8. The van der Waals surface area contributed by atoms with Crippen molar-refractivity contribution in [1.82, 2.24) is 29.5 Å². The van der Waals surface area contributed by atoms with E-state index in [1.807, 2.05) is 24.3 Å². The zero-order valence-corrected chi connectivity index (χ0v) is 22.5. The molecule has 5 rings (SSSR count). The summed E-state index contributed by atoms with van der Waals surface area (Å²) in [5.41, 5.74) is 6.78. The number of hydrogen-bond donors (Lipinski definition) is 2. The van der Waals surface area contributed by atoms with Crippen LogP contribution in [0.1, 0.15) is 11.1 Å². The molecule has 0 spiro atoms. The Morgan fingerprint density at radius 2 is 1.76 bits per heavy atom. The van der Waals surface area contributed by atoms with Gasteiger partial charge in [-0.25, -0.2) is 14.6 Å². The number of aliphatic hydroxyl groups is 1. The molecule has 0 amide bonds. The molecule has 196 valence electrons. The summed E-state index contributed by atoms with van der Waals surface area (Å²) >= 11 is 6.13. The highest BCUT2D eigenvalue weighted by atomic mass is 35.5. The van der Waals surface area contributed by atoms with E-state index in [9.17, 15) is 0 Å². The van der Waals surface area contributed by atoms with Crippen molar-refractivity contribution in [3.8, 4) is 5.69 Å². The minimum atomic E-state index is 0. The molecule has 1 aliphatic rings. The molecular weight excluding hydrogens is 535 g/mol. The summed E-state index contributed by atoms with van der Waals surface area (Å²) in [6.07, 6.45) is 4.97. The van der Waals surface area contributed by atoms with E-state index in [-0.39, 0.29) is 31.4 Å². The van der Waals surface area contributed by atoms with Crippen molar-refractivity contribution >= 4 is 59.5 Å². The molecule has 0 bridgehead atoms. The van der Waals surface area contributed by atoms with Crippen molar-refractivity contribution in [3.63, 3.8) is 0 Å². The lowest BCUT2D eigenvalue weighted by Gasteiger charge is -2.34. The predicted molar refractivity (Wildman–Crippen MR) is 153 cm³/mol. The molecule has 2 aromatic carbocycles. The number of fused-ring (bicyclic) bond motifs is 1. The molecule has 37 heavy (non-hydrogen) atoms. The monoisotopic (exact) mass is 562 g/mol. The zero-order chi connectivity index (χ0) is 24.0. The molecule has 3 heterocycles. The van der Waals surface area contributed by atoms with E-state index in [4.69, 9.17) is 16.7 Å². The number of hydrogen-bond acceptors (Lipinski definition) is 8. The van der Waals surface area contributed by atoms with Gasteiger partial charge >= 0.3 is 0 Å². The molecule has 1 fully saturated rings. The predicted octanol–water partition coefficient (Wildman–Crippen LogP) is 3.87. The van der Waals surface area contributed by atoms with Gasteiger partial charge in [0.15, 0.2) is 11.5 Å². The number of halogens is 3. The van der Waals surface area contributed by atoms with E-state index < -0.39 is 0 Å². The van der Waals surface area contributed by atoms with E-state index in [2.05, 4.69) is 59.7 Å². The fraction of sp³-hybridized carbons (Fsp3) is 0.280. The summed E-state index contributed by atoms with van der Waals surface area (Å²) < 4.78 is 1.73. The fourth-order valence-electron chi connectivity index (χ4n) is 4.18. The standard InChI is InChI=1S/C25H27ClN8O.2ClH/c26-21-2-1-3-22(14-21)34-25-23(16-30-34)24(27-18-28-25)31-29-15-19-4-6-20(7-5-19)17-33-10-8-32(9-11-33)12-13-35;;/h1-7,14-16,18,35H,8-13,17H2,(H,27,28,31);2*1H. The first kappa shape index (κ1) is 28.8. The second-order valence-electron chi connectivity index (χ2n) is 8.45. The number of hydrazone groups is 1. The van der Waals surface area contributed by atoms with Crippen LogP contribution < -0.4 is 5.43 Å². The van der Waals surface area contributed by atoms with Crippen LogP contribution in [0.25, 0.3) is 16.7 Å². The van der Waals surface area contributed by atoms with Gasteiger partial charge < -0.3 is 5.11 Å². The Hall–Kier alpha value is -2.79. The van der Waals surface area contributed by atoms with Gasteiger partial charge in [0.1, 0.15) is 6.33 Å². The number of aromatic nitrogens is 4. The summed E-state index contributed by atoms with van der Waals surface area (Å²) in [6, 6.07) is 15.9. The molecule has 4 aromatic rings. The molecule has 0 atom stereocenters. The van der Waals surface area contributed by atoms with Crippen LogP contribution in [0.4, 0.5) is 5.82 Å². The molecule has 2 aromatic heterocycles. The third-order valence-corrected chi connectivity index (χ3v) is 6.30. The smallest absolute Gasteiger partial charge is 0.168 e. The SMILES string of the molecule is Cl.Cl.OCCN1CCN(Cc2ccc(C=NNc3ncnc4c3cnn4-c3cccc(Cl)c3)cc2)CC1. The Morgan fingerprint density at radius 1 is 1.00 bits per heavy atom. The van der Waals surface area contributed by atoms with Crippen LogP contribution in [0.5, 0.6) is 0 Å². The average molecular weight is 564 g/mol. The van der Waals surface area contributed by atoms with Crippen LogP contribution in [0.2, 0.25) is 5.02 Å². The van der Waals surface area contributed by atoms with Crippen molar-refractivity contribution in [2.24, 2.45) is 5.10 Å². The number of aliphatic hydroxyl groups excluding tert-OH is 1. The van der Waals surface area contributed by atoms with Gasteiger partial charge in [0, 0.05) is 44.3 Å². The van der Waals surface area contributed by atoms with Gasteiger partial charge in [-0.3, -0.25) is 15.2 Å². The van der Waals surface area contributed by atoms with E-state index in [1.165, 1.54) is 11.9 Å². The lowest BCUT2D eigenvalue weighted by Crippen LogP contribution is -2.46. The zero-order valence-electron chi connectivity index (χ0n) is 20.1. The highest BCUT2D eigenvalue weighted by Gasteiger charge is 2.16. The lowest BCUT2D eigenvalue weighted by molar-refractivity contribution is 0.108. The van der Waals surface area contributed by atoms with Crippen LogP contribution in [0.3, 0.4) is 0 Å². The third kappa shape index (κ3) is 7.16. The first-order chi connectivity index (χ1) is 17.2. The number of anilines is 1. The topological polar surface area (TPSA) is 94.7 Å². The van der Waals surface area contributed by atoms with Gasteiger partial charge in [-0.2, -0.15) is 10.2 Å². The summed E-state index contributed by atoms with van der Waals surface area (Å²) in [7, 11) is 0. The maximum Gasteiger partial charge on any atom is 0.168 e. The molecule has 12 heteroatoms. The normalized spacial score (nSPS) is 14.4. The van der Waals surface area contributed by atoms with E-state index >= 15 is 0 Å². The molecule has 0 radical (unpaired) electrons. The molecular formula is C25H29Cl3N8O. The average Bonchev–Trinajstić information content (AvgIpc) is 3.32. The van der Waals surface area contributed by atoms with Gasteiger partial charge in [0.2, 0.25) is 0 Å². The maximum absolute atomic E-state index is 9.09. The van der Waals surface area contributed by atoms with E-state index in [0.717, 1.165) is 55.9 Å². The minimum absolute atomic E-state index is 0. The summed E-state index contributed by atoms with van der Waals surface area (Å²) in [5, 5.41) is 19.3. The number of benzene rings is 2. The largest absolute Gasteiger partial charge is 0.395 e. The van der Waals surface area contributed by atoms with Gasteiger partial charge in [0.25, 0.3) is 0 Å². The second-order valence-corrected chi connectivity index (χ2v) is 8.89. The van der Waals surface area contributed by atoms with Crippen LogP contribution in [0.15, 0.2) is 66.2 Å². The quantitative estimate of drug-likeness (QED) is 0.248. The Bertz CT molecular complexity index is 1310. The highest BCUT2D eigenvalue weighted by molar-refractivity contribution is 6.30. The van der Waals surface area contributed by atoms with Crippen molar-refractivity contribution in [2.75, 3.05) is 44.8 Å². The maximum atomic E-state index is 9.09. The first-order valence-corrected chi connectivity index (χ1v) is 12.0.